The molecule has 2 N–H and O–H groups in total. The Morgan fingerprint density at radius 3 is 2.78 bits per heavy atom. The van der Waals surface area contributed by atoms with Gasteiger partial charge in [0.15, 0.2) is 11.6 Å². The van der Waals surface area contributed by atoms with Gasteiger partial charge in [0.2, 0.25) is 5.91 Å². The zero-order valence-corrected chi connectivity index (χ0v) is 14.6. The number of fused-ring (bicyclic) bond motifs is 1. The molecule has 0 saturated heterocycles. The number of aromatic nitrogens is 1. The minimum atomic E-state index is -1.06. The largest absolute Gasteiger partial charge is 0.346 e. The van der Waals surface area contributed by atoms with E-state index in [1.165, 1.54) is 12.1 Å². The lowest BCUT2D eigenvalue weighted by Gasteiger charge is -2.29. The van der Waals surface area contributed by atoms with Gasteiger partial charge in [-0.05, 0) is 37.6 Å². The van der Waals surface area contributed by atoms with Gasteiger partial charge in [-0.15, -0.1) is 0 Å². The summed E-state index contributed by atoms with van der Waals surface area (Å²) < 4.78 is 40.6. The molecule has 0 aliphatic carbocycles. The summed E-state index contributed by atoms with van der Waals surface area (Å²) in [5.41, 5.74) is 1.01. The average Bonchev–Trinajstić information content (AvgIpc) is 2.62. The molecule has 3 rings (SSSR count). The Morgan fingerprint density at radius 2 is 2.07 bits per heavy atom. The number of pyridine rings is 1. The van der Waals surface area contributed by atoms with Crippen LogP contribution in [0.2, 0.25) is 0 Å². The van der Waals surface area contributed by atoms with E-state index in [4.69, 9.17) is 0 Å². The smallest absolute Gasteiger partial charge is 0.322 e. The summed E-state index contributed by atoms with van der Waals surface area (Å²) in [4.78, 5) is 29.3. The second-order valence-electron chi connectivity index (χ2n) is 6.32. The summed E-state index contributed by atoms with van der Waals surface area (Å²) in [7, 11) is 0. The number of anilines is 1. The number of rotatable bonds is 4. The van der Waals surface area contributed by atoms with Crippen LogP contribution in [0.4, 0.5) is 23.7 Å². The third-order valence-corrected chi connectivity index (χ3v) is 4.30. The van der Waals surface area contributed by atoms with E-state index in [0.29, 0.717) is 11.3 Å². The Morgan fingerprint density at radius 1 is 1.33 bits per heavy atom. The number of halogens is 3. The van der Waals surface area contributed by atoms with Crippen molar-refractivity contribution in [2.24, 2.45) is 0 Å². The highest BCUT2D eigenvalue weighted by Crippen LogP contribution is 2.27. The molecule has 2 aromatic rings. The highest BCUT2D eigenvalue weighted by atomic mass is 19.2. The third-order valence-electron chi connectivity index (χ3n) is 4.30. The highest BCUT2D eigenvalue weighted by molar-refractivity contribution is 5.94. The minimum Gasteiger partial charge on any atom is -0.346 e. The number of nitrogens with one attached hydrogen (secondary N) is 2. The average molecular weight is 378 g/mol. The summed E-state index contributed by atoms with van der Waals surface area (Å²) in [6, 6.07) is 2.60. The van der Waals surface area contributed by atoms with Crippen LogP contribution in [0.1, 0.15) is 29.8 Å². The number of urea groups is 1. The van der Waals surface area contributed by atoms with Crippen LogP contribution in [0.5, 0.6) is 0 Å². The van der Waals surface area contributed by atoms with Gasteiger partial charge in [0.05, 0.1) is 30.2 Å². The SMILES string of the molecule is Cc1cc(C(C)NC(=O)CN2Cc3c(ccc(F)c3F)NC2=O)ncc1F. The molecular formula is C18H17F3N4O2. The van der Waals surface area contributed by atoms with Crippen LogP contribution in [-0.4, -0.2) is 28.4 Å². The molecule has 2 heterocycles. The predicted octanol–water partition coefficient (Wildman–Crippen LogP) is 3.03. The van der Waals surface area contributed by atoms with Crippen molar-refractivity contribution < 1.29 is 22.8 Å². The van der Waals surface area contributed by atoms with E-state index in [2.05, 4.69) is 15.6 Å². The Hall–Kier alpha value is -3.10. The van der Waals surface area contributed by atoms with Crippen LogP contribution in [0.15, 0.2) is 24.4 Å². The van der Waals surface area contributed by atoms with Gasteiger partial charge in [-0.25, -0.2) is 18.0 Å². The molecule has 1 atom stereocenters. The molecule has 1 aliphatic rings. The Balaban J connectivity index is 1.67. The fraction of sp³-hybridized carbons (Fsp3) is 0.278. The number of carbonyl (C=O) groups is 2. The fourth-order valence-corrected chi connectivity index (χ4v) is 2.78. The molecule has 1 aliphatic heterocycles. The van der Waals surface area contributed by atoms with Gasteiger partial charge in [-0.3, -0.25) is 9.78 Å². The van der Waals surface area contributed by atoms with Gasteiger partial charge in [0.25, 0.3) is 0 Å². The van der Waals surface area contributed by atoms with Crippen molar-refractivity contribution in [3.63, 3.8) is 0 Å². The van der Waals surface area contributed by atoms with Crippen molar-refractivity contribution in [2.45, 2.75) is 26.4 Å². The Kier molecular flexibility index (Phi) is 5.02. The summed E-state index contributed by atoms with van der Waals surface area (Å²) in [6.45, 7) is 2.66. The van der Waals surface area contributed by atoms with E-state index in [9.17, 15) is 22.8 Å². The van der Waals surface area contributed by atoms with Crippen molar-refractivity contribution in [3.05, 3.63) is 58.7 Å². The molecule has 9 heteroatoms. The summed E-state index contributed by atoms with van der Waals surface area (Å²) >= 11 is 0. The number of hydrogen-bond acceptors (Lipinski definition) is 3. The predicted molar refractivity (Wildman–Crippen MR) is 91.3 cm³/mol. The normalized spacial score (nSPS) is 14.4. The van der Waals surface area contributed by atoms with Gasteiger partial charge in [0.1, 0.15) is 12.4 Å². The first-order valence-electron chi connectivity index (χ1n) is 8.20. The third kappa shape index (κ3) is 3.86. The van der Waals surface area contributed by atoms with Crippen LogP contribution >= 0.6 is 0 Å². The lowest BCUT2D eigenvalue weighted by molar-refractivity contribution is -0.122. The number of hydrogen-bond donors (Lipinski definition) is 2. The van der Waals surface area contributed by atoms with E-state index in [1.807, 2.05) is 0 Å². The first-order valence-corrected chi connectivity index (χ1v) is 8.20. The summed E-state index contributed by atoms with van der Waals surface area (Å²) in [5.74, 6) is -3.05. The maximum atomic E-state index is 13.9. The van der Waals surface area contributed by atoms with Crippen LogP contribution in [0.25, 0.3) is 0 Å². The van der Waals surface area contributed by atoms with Gasteiger partial charge >= 0.3 is 6.03 Å². The topological polar surface area (TPSA) is 74.3 Å². The standard InChI is InChI=1S/C18H17F3N4O2/c1-9-5-15(22-6-13(9)20)10(2)23-16(26)8-25-7-11-14(24-18(25)27)4-3-12(19)17(11)21/h3-6,10H,7-8H2,1-2H3,(H,23,26)(H,24,27). The first-order chi connectivity index (χ1) is 12.8. The first kappa shape index (κ1) is 18.7. The highest BCUT2D eigenvalue weighted by Gasteiger charge is 2.28. The van der Waals surface area contributed by atoms with Gasteiger partial charge in [-0.2, -0.15) is 0 Å². The fourth-order valence-electron chi connectivity index (χ4n) is 2.78. The molecule has 6 nitrogen and oxygen atoms in total. The van der Waals surface area contributed by atoms with Gasteiger partial charge in [-0.1, -0.05) is 0 Å². The molecule has 142 valence electrons. The molecule has 27 heavy (non-hydrogen) atoms. The van der Waals surface area contributed by atoms with E-state index in [0.717, 1.165) is 17.2 Å². The van der Waals surface area contributed by atoms with Gasteiger partial charge in [0, 0.05) is 5.56 Å². The van der Waals surface area contributed by atoms with Crippen molar-refractivity contribution in [1.82, 2.24) is 15.2 Å². The molecule has 3 amide bonds. The molecule has 0 saturated carbocycles. The van der Waals surface area contributed by atoms with E-state index >= 15 is 0 Å². The van der Waals surface area contributed by atoms with Crippen LogP contribution in [-0.2, 0) is 11.3 Å². The molecule has 1 aromatic carbocycles. The van der Waals surface area contributed by atoms with E-state index in [1.54, 1.807) is 13.8 Å². The summed E-state index contributed by atoms with van der Waals surface area (Å²) in [5, 5.41) is 5.08. The second-order valence-corrected chi connectivity index (χ2v) is 6.32. The summed E-state index contributed by atoms with van der Waals surface area (Å²) in [6.07, 6.45) is 1.07. The number of aryl methyl sites for hydroxylation is 1. The lowest BCUT2D eigenvalue weighted by atomic mass is 10.1. The lowest BCUT2D eigenvalue weighted by Crippen LogP contribution is -2.45. The van der Waals surface area contributed by atoms with Crippen molar-refractivity contribution in [2.75, 3.05) is 11.9 Å². The van der Waals surface area contributed by atoms with E-state index < -0.39 is 35.4 Å². The maximum absolute atomic E-state index is 13.9. The molecule has 0 bridgehead atoms. The van der Waals surface area contributed by atoms with Crippen molar-refractivity contribution in [1.29, 1.82) is 0 Å². The minimum absolute atomic E-state index is 0.0220. The number of nitrogens with zero attached hydrogens (tertiary/aromatic N) is 2. The molecule has 1 unspecified atom stereocenters. The maximum Gasteiger partial charge on any atom is 0.322 e. The molecule has 0 radical (unpaired) electrons. The molecule has 0 fully saturated rings. The van der Waals surface area contributed by atoms with Crippen LogP contribution in [0.3, 0.4) is 0 Å². The van der Waals surface area contributed by atoms with Gasteiger partial charge < -0.3 is 15.5 Å². The number of amides is 3. The molecule has 0 spiro atoms. The zero-order chi connectivity index (χ0) is 19.7. The molecular weight excluding hydrogens is 361 g/mol. The Labute approximate surface area is 153 Å². The van der Waals surface area contributed by atoms with Crippen molar-refractivity contribution >= 4 is 17.6 Å². The Bertz CT molecular complexity index is 920. The quantitative estimate of drug-likeness (QED) is 0.859. The van der Waals surface area contributed by atoms with E-state index in [-0.39, 0.29) is 24.3 Å². The van der Waals surface area contributed by atoms with Crippen LogP contribution < -0.4 is 10.6 Å². The zero-order valence-electron chi connectivity index (χ0n) is 14.6. The van der Waals surface area contributed by atoms with Crippen LogP contribution in [0, 0.1) is 24.4 Å². The van der Waals surface area contributed by atoms with Crippen molar-refractivity contribution in [3.8, 4) is 0 Å². The number of carbonyl (C=O) groups excluding carboxylic acids is 2. The molecule has 1 aromatic heterocycles. The number of benzene rings is 1. The monoisotopic (exact) mass is 378 g/mol. The second kappa shape index (κ2) is 7.26.